The summed E-state index contributed by atoms with van der Waals surface area (Å²) in [4.78, 5) is 20.3. The molecule has 296 valence electrons. The van der Waals surface area contributed by atoms with E-state index in [1.54, 1.807) is 48.5 Å². The third-order valence-electron chi connectivity index (χ3n) is 8.43. The second-order valence-electron chi connectivity index (χ2n) is 13.2. The molecular formula is C47H45N3O8. The van der Waals surface area contributed by atoms with Crippen molar-refractivity contribution in [3.63, 3.8) is 0 Å². The van der Waals surface area contributed by atoms with Crippen molar-refractivity contribution >= 4 is 11.5 Å². The number of para-hydroxylation sites is 3. The number of rotatable bonds is 16. The van der Waals surface area contributed by atoms with Crippen LogP contribution in [0.3, 0.4) is 0 Å². The normalized spacial score (nSPS) is 10.9. The summed E-state index contributed by atoms with van der Waals surface area (Å²) in [7, 11) is 2.71. The van der Waals surface area contributed by atoms with E-state index in [1.165, 1.54) is 38.4 Å². The number of hydrogen-bond acceptors (Lipinski definition) is 11. The molecule has 0 aliphatic carbocycles. The molecule has 58 heavy (non-hydrogen) atoms. The van der Waals surface area contributed by atoms with Gasteiger partial charge in [0.2, 0.25) is 11.8 Å². The van der Waals surface area contributed by atoms with Gasteiger partial charge in [0.1, 0.15) is 46.7 Å². The molecule has 0 saturated heterocycles. The van der Waals surface area contributed by atoms with Gasteiger partial charge in [-0.05, 0) is 72.6 Å². The van der Waals surface area contributed by atoms with E-state index in [1.807, 2.05) is 67.6 Å². The molecule has 0 amide bonds. The third kappa shape index (κ3) is 12.2. The highest BCUT2D eigenvalue weighted by molar-refractivity contribution is 6.17. The Bertz CT molecular complexity index is 2300. The average Bonchev–Trinajstić information content (AvgIpc) is 3.24. The van der Waals surface area contributed by atoms with Crippen LogP contribution in [0.15, 0.2) is 146 Å². The molecular weight excluding hydrogens is 735 g/mol. The molecule has 11 heteroatoms. The van der Waals surface area contributed by atoms with Crippen LogP contribution in [-0.4, -0.2) is 43.4 Å². The first kappa shape index (κ1) is 42.0. The van der Waals surface area contributed by atoms with Crippen molar-refractivity contribution in [2.75, 3.05) is 27.4 Å². The van der Waals surface area contributed by atoms with E-state index in [2.05, 4.69) is 48.1 Å². The van der Waals surface area contributed by atoms with Crippen molar-refractivity contribution in [3.05, 3.63) is 168 Å². The molecule has 0 spiro atoms. The minimum atomic E-state index is -0.576. The highest BCUT2D eigenvalue weighted by Crippen LogP contribution is 2.32. The van der Waals surface area contributed by atoms with Gasteiger partial charge >= 0.3 is 5.97 Å². The summed E-state index contributed by atoms with van der Waals surface area (Å²) in [6, 6.07) is 43.3. The zero-order valence-corrected chi connectivity index (χ0v) is 33.1. The predicted molar refractivity (Wildman–Crippen MR) is 220 cm³/mol. The van der Waals surface area contributed by atoms with E-state index >= 15 is 0 Å². The van der Waals surface area contributed by atoms with Crippen LogP contribution in [0.1, 0.15) is 43.0 Å². The minimum Gasteiger partial charge on any atom is -0.503 e. The summed E-state index contributed by atoms with van der Waals surface area (Å²) in [5.41, 5.74) is 3.26. The predicted octanol–water partition coefficient (Wildman–Crippen LogP) is 10.5. The van der Waals surface area contributed by atoms with Crippen LogP contribution in [0.25, 0.3) is 5.57 Å². The van der Waals surface area contributed by atoms with Crippen LogP contribution in [-0.2, 0) is 31.0 Å². The van der Waals surface area contributed by atoms with E-state index in [4.69, 9.17) is 33.2 Å². The van der Waals surface area contributed by atoms with Crippen molar-refractivity contribution in [1.29, 1.82) is 5.26 Å². The van der Waals surface area contributed by atoms with E-state index < -0.39 is 5.97 Å². The largest absolute Gasteiger partial charge is 0.503 e. The van der Waals surface area contributed by atoms with Gasteiger partial charge in [0, 0.05) is 11.0 Å². The fraction of sp³-hybridized carbons (Fsp3) is 0.191. The SMILES string of the molecule is CCOc1ccc(C(C)(C)COCc2cccc(Oc3ccccc3)c2)cc1.CO/C=C(/C(=O)OC)c1ccccc1Oc1cc(Oc2ccccc2C#N)ncn1. The number of benzene rings is 5. The number of ether oxygens (including phenoxy) is 7. The Morgan fingerprint density at radius 1 is 0.724 bits per heavy atom. The molecule has 0 atom stereocenters. The first-order valence-corrected chi connectivity index (χ1v) is 18.4. The molecule has 5 aromatic carbocycles. The van der Waals surface area contributed by atoms with Gasteiger partial charge in [0.15, 0.2) is 0 Å². The fourth-order valence-corrected chi connectivity index (χ4v) is 5.54. The number of nitrogens with zero attached hydrogens (tertiary/aromatic N) is 3. The minimum absolute atomic E-state index is 0.0805. The van der Waals surface area contributed by atoms with Gasteiger partial charge in [0.25, 0.3) is 0 Å². The first-order chi connectivity index (χ1) is 28.2. The topological polar surface area (TPSA) is 131 Å². The van der Waals surface area contributed by atoms with Gasteiger partial charge in [0.05, 0.1) is 51.9 Å². The number of nitriles is 1. The van der Waals surface area contributed by atoms with E-state index in [9.17, 15) is 10.1 Å². The molecule has 0 aliphatic rings. The Hall–Kier alpha value is -7.16. The van der Waals surface area contributed by atoms with Crippen molar-refractivity contribution in [2.24, 2.45) is 0 Å². The summed E-state index contributed by atoms with van der Waals surface area (Å²) in [6.45, 7) is 8.23. The van der Waals surface area contributed by atoms with Crippen molar-refractivity contribution in [2.45, 2.75) is 32.8 Å². The quantitative estimate of drug-likeness (QED) is 0.0528. The van der Waals surface area contributed by atoms with Crippen LogP contribution in [0.4, 0.5) is 0 Å². The maximum atomic E-state index is 12.1. The van der Waals surface area contributed by atoms with Gasteiger partial charge < -0.3 is 33.2 Å². The Labute approximate surface area is 339 Å². The highest BCUT2D eigenvalue weighted by atomic mass is 16.5. The van der Waals surface area contributed by atoms with Gasteiger partial charge in [-0.1, -0.05) is 86.6 Å². The Kier molecular flexibility index (Phi) is 15.4. The molecule has 1 aromatic heterocycles. The third-order valence-corrected chi connectivity index (χ3v) is 8.43. The summed E-state index contributed by atoms with van der Waals surface area (Å²) < 4.78 is 38.8. The van der Waals surface area contributed by atoms with Crippen LogP contribution in [0, 0.1) is 11.3 Å². The monoisotopic (exact) mass is 779 g/mol. The van der Waals surface area contributed by atoms with E-state index in [-0.39, 0.29) is 22.7 Å². The molecule has 1 heterocycles. The molecule has 6 rings (SSSR count). The highest BCUT2D eigenvalue weighted by Gasteiger charge is 2.21. The van der Waals surface area contributed by atoms with Crippen molar-refractivity contribution < 1.29 is 38.0 Å². The average molecular weight is 780 g/mol. The van der Waals surface area contributed by atoms with Crippen molar-refractivity contribution in [1.82, 2.24) is 9.97 Å². The molecule has 6 aromatic rings. The maximum absolute atomic E-state index is 12.1. The summed E-state index contributed by atoms with van der Waals surface area (Å²) in [6.07, 6.45) is 2.55. The Morgan fingerprint density at radius 3 is 2.07 bits per heavy atom. The van der Waals surface area contributed by atoms with Crippen LogP contribution in [0.2, 0.25) is 0 Å². The second kappa shape index (κ2) is 21.2. The lowest BCUT2D eigenvalue weighted by Crippen LogP contribution is -2.24. The van der Waals surface area contributed by atoms with E-state index in [0.29, 0.717) is 42.4 Å². The number of methoxy groups -OCH3 is 2. The number of hydrogen-bond donors (Lipinski definition) is 0. The molecule has 0 saturated carbocycles. The first-order valence-electron chi connectivity index (χ1n) is 18.4. The van der Waals surface area contributed by atoms with Crippen molar-refractivity contribution in [3.8, 4) is 46.6 Å². The lowest BCUT2D eigenvalue weighted by atomic mass is 9.85. The zero-order chi connectivity index (χ0) is 41.2. The molecule has 0 radical (unpaired) electrons. The van der Waals surface area contributed by atoms with Gasteiger partial charge in [-0.3, -0.25) is 0 Å². The number of carbonyl (C=O) groups is 1. The van der Waals surface area contributed by atoms with Gasteiger partial charge in [-0.25, -0.2) is 14.8 Å². The number of carbonyl (C=O) groups excluding carboxylic acids is 1. The maximum Gasteiger partial charge on any atom is 0.341 e. The lowest BCUT2D eigenvalue weighted by molar-refractivity contribution is -0.133. The standard InChI is InChI=1S/C25H28O3.C22H17N3O5/c1-4-27-22-15-13-21(14-16-22)25(2,3)19-26-18-20-9-8-12-24(17-20)28-23-10-6-5-7-11-23;1-27-13-17(22(26)28-2)16-8-4-6-10-19(16)30-21-11-20(24-14-25-21)29-18-9-5-3-7-15(18)12-23/h5-17H,4,18-19H2,1-3H3;3-11,13-14H,1-2H3/b;17-13+. The Morgan fingerprint density at radius 2 is 1.38 bits per heavy atom. The van der Waals surface area contributed by atoms with Crippen LogP contribution < -0.4 is 18.9 Å². The lowest BCUT2D eigenvalue weighted by Gasteiger charge is -2.25. The van der Waals surface area contributed by atoms with E-state index in [0.717, 1.165) is 22.8 Å². The molecule has 0 N–H and O–H groups in total. The number of esters is 1. The molecule has 0 bridgehead atoms. The zero-order valence-electron chi connectivity index (χ0n) is 33.1. The molecule has 0 aliphatic heterocycles. The van der Waals surface area contributed by atoms with Gasteiger partial charge in [-0.2, -0.15) is 5.26 Å². The second-order valence-corrected chi connectivity index (χ2v) is 13.2. The van der Waals surface area contributed by atoms with Crippen LogP contribution >= 0.6 is 0 Å². The molecule has 0 fully saturated rings. The smallest absolute Gasteiger partial charge is 0.341 e. The summed E-state index contributed by atoms with van der Waals surface area (Å²) >= 11 is 0. The number of aromatic nitrogens is 2. The Balaban J connectivity index is 0.000000221. The van der Waals surface area contributed by atoms with Crippen LogP contribution in [0.5, 0.6) is 40.5 Å². The summed E-state index contributed by atoms with van der Waals surface area (Å²) in [5, 5.41) is 9.20. The molecule has 11 nitrogen and oxygen atoms in total. The summed E-state index contributed by atoms with van der Waals surface area (Å²) in [5.74, 6) is 3.07. The fourth-order valence-electron chi connectivity index (χ4n) is 5.54. The molecule has 0 unspecified atom stereocenters. The van der Waals surface area contributed by atoms with Gasteiger partial charge in [-0.15, -0.1) is 0 Å².